The Morgan fingerprint density at radius 3 is 2.03 bits per heavy atom. The second kappa shape index (κ2) is 10.7. The van der Waals surface area contributed by atoms with Gasteiger partial charge in [-0.1, -0.05) is 12.1 Å². The minimum atomic E-state index is -0.821. The van der Waals surface area contributed by atoms with Gasteiger partial charge in [0.05, 0.1) is 6.61 Å². The Kier molecular flexibility index (Phi) is 7.55. The van der Waals surface area contributed by atoms with Gasteiger partial charge in [-0.05, 0) is 61.0 Å². The van der Waals surface area contributed by atoms with Crippen molar-refractivity contribution in [3.05, 3.63) is 77.4 Å². The highest BCUT2D eigenvalue weighted by atomic mass is 16.7. The lowest BCUT2D eigenvalue weighted by atomic mass is 10.1. The van der Waals surface area contributed by atoms with Crippen LogP contribution in [-0.2, 0) is 11.3 Å². The number of ether oxygens (including phenoxy) is 2. The van der Waals surface area contributed by atoms with Crippen LogP contribution in [-0.4, -0.2) is 39.9 Å². The second-order valence-corrected chi connectivity index (χ2v) is 7.01. The van der Waals surface area contributed by atoms with E-state index >= 15 is 0 Å². The summed E-state index contributed by atoms with van der Waals surface area (Å²) in [6, 6.07) is 14.7. The summed E-state index contributed by atoms with van der Waals surface area (Å²) >= 11 is 0. The molecule has 3 rings (SSSR count). The van der Waals surface area contributed by atoms with Crippen LogP contribution in [0.15, 0.2) is 60.7 Å². The van der Waals surface area contributed by atoms with Crippen molar-refractivity contribution in [1.82, 2.24) is 5.32 Å². The van der Waals surface area contributed by atoms with Gasteiger partial charge in [-0.2, -0.15) is 0 Å². The van der Waals surface area contributed by atoms with Crippen LogP contribution in [0.1, 0.15) is 33.2 Å². The first-order chi connectivity index (χ1) is 16.3. The van der Waals surface area contributed by atoms with Gasteiger partial charge in [0.1, 0.15) is 5.75 Å². The average Bonchev–Trinajstić information content (AvgIpc) is 2.82. The lowest BCUT2D eigenvalue weighted by Gasteiger charge is -2.09. The molecule has 0 aromatic heterocycles. The fourth-order valence-electron chi connectivity index (χ4n) is 2.85. The molecule has 0 aliphatic carbocycles. The zero-order chi connectivity index (χ0) is 24.7. The van der Waals surface area contributed by atoms with Gasteiger partial charge in [0.15, 0.2) is 17.2 Å². The third kappa shape index (κ3) is 6.16. The third-order valence-electron chi connectivity index (χ3n) is 4.58. The van der Waals surface area contributed by atoms with E-state index in [4.69, 9.17) is 4.74 Å². The summed E-state index contributed by atoms with van der Waals surface area (Å²) in [7, 11) is 0. The van der Waals surface area contributed by atoms with Crippen LogP contribution in [0.25, 0.3) is 0 Å². The van der Waals surface area contributed by atoms with Crippen LogP contribution in [0.4, 0.5) is 10.5 Å². The Labute approximate surface area is 194 Å². The molecule has 0 fully saturated rings. The molecule has 0 atom stereocenters. The zero-order valence-electron chi connectivity index (χ0n) is 18.1. The molecule has 0 radical (unpaired) electrons. The summed E-state index contributed by atoms with van der Waals surface area (Å²) in [6.07, 6.45) is -0.821. The number of rotatable bonds is 7. The van der Waals surface area contributed by atoms with Crippen LogP contribution < -0.4 is 15.4 Å². The molecule has 0 unspecified atom stereocenters. The predicted molar refractivity (Wildman–Crippen MR) is 121 cm³/mol. The lowest BCUT2D eigenvalue weighted by Crippen LogP contribution is -2.22. The van der Waals surface area contributed by atoms with E-state index < -0.39 is 29.3 Å². The molecule has 3 aromatic rings. The standard InChI is InChI=1S/C24H22N2O8/c1-2-33-24(32)34-18-9-5-15(6-10-18)22(30)25-13-14-3-7-17(8-4-14)26-23(31)16-11-19(27)21(29)20(28)12-16/h3-12,27-29H,2,13H2,1H3,(H,25,30)(H,26,31). The summed E-state index contributed by atoms with van der Waals surface area (Å²) in [4.78, 5) is 35.9. The Morgan fingerprint density at radius 1 is 0.824 bits per heavy atom. The first kappa shape index (κ1) is 23.9. The SMILES string of the molecule is CCOC(=O)Oc1ccc(C(=O)NCc2ccc(NC(=O)c3cc(O)c(O)c(O)c3)cc2)cc1. The summed E-state index contributed by atoms with van der Waals surface area (Å²) in [5.74, 6) is -2.60. The van der Waals surface area contributed by atoms with Gasteiger partial charge in [-0.15, -0.1) is 0 Å². The zero-order valence-corrected chi connectivity index (χ0v) is 18.1. The second-order valence-electron chi connectivity index (χ2n) is 7.01. The molecule has 0 aliphatic rings. The molecule has 5 N–H and O–H groups in total. The molecule has 10 nitrogen and oxygen atoms in total. The van der Waals surface area contributed by atoms with E-state index in [1.807, 2.05) is 0 Å². The van der Waals surface area contributed by atoms with Crippen LogP contribution in [0.3, 0.4) is 0 Å². The van der Waals surface area contributed by atoms with Crippen molar-refractivity contribution in [2.24, 2.45) is 0 Å². The molecule has 0 heterocycles. The van der Waals surface area contributed by atoms with E-state index in [0.29, 0.717) is 11.3 Å². The normalized spacial score (nSPS) is 10.3. The molecule has 0 saturated carbocycles. The van der Waals surface area contributed by atoms with Crippen molar-refractivity contribution < 1.29 is 39.2 Å². The van der Waals surface area contributed by atoms with E-state index in [2.05, 4.69) is 15.4 Å². The number of hydrogen-bond donors (Lipinski definition) is 5. The molecule has 34 heavy (non-hydrogen) atoms. The van der Waals surface area contributed by atoms with Gasteiger partial charge in [-0.3, -0.25) is 9.59 Å². The van der Waals surface area contributed by atoms with Crippen molar-refractivity contribution in [1.29, 1.82) is 0 Å². The number of amides is 2. The van der Waals surface area contributed by atoms with E-state index in [0.717, 1.165) is 17.7 Å². The maximum absolute atomic E-state index is 12.3. The van der Waals surface area contributed by atoms with Gasteiger partial charge in [0.2, 0.25) is 0 Å². The molecule has 0 aliphatic heterocycles. The van der Waals surface area contributed by atoms with E-state index in [1.165, 1.54) is 24.3 Å². The Morgan fingerprint density at radius 2 is 1.44 bits per heavy atom. The van der Waals surface area contributed by atoms with Crippen molar-refractivity contribution in [3.63, 3.8) is 0 Å². The minimum absolute atomic E-state index is 0.0391. The van der Waals surface area contributed by atoms with Crippen molar-refractivity contribution in [3.8, 4) is 23.0 Å². The maximum atomic E-state index is 12.3. The smallest absolute Gasteiger partial charge is 0.504 e. The molecular formula is C24H22N2O8. The molecule has 2 amide bonds. The Bertz CT molecular complexity index is 1170. The first-order valence-electron chi connectivity index (χ1n) is 10.1. The first-order valence-corrected chi connectivity index (χ1v) is 10.1. The summed E-state index contributed by atoms with van der Waals surface area (Å²) in [5.41, 5.74) is 1.56. The fourth-order valence-corrected chi connectivity index (χ4v) is 2.85. The quantitative estimate of drug-likeness (QED) is 0.201. The van der Waals surface area contributed by atoms with Crippen LogP contribution in [0.5, 0.6) is 23.0 Å². The number of anilines is 1. The number of nitrogens with one attached hydrogen (secondary N) is 2. The van der Waals surface area contributed by atoms with E-state index in [1.54, 1.807) is 31.2 Å². The molecule has 3 aromatic carbocycles. The van der Waals surface area contributed by atoms with Gasteiger partial charge in [0.25, 0.3) is 11.8 Å². The van der Waals surface area contributed by atoms with Crippen molar-refractivity contribution >= 4 is 23.7 Å². The highest BCUT2D eigenvalue weighted by Crippen LogP contribution is 2.35. The number of carbonyl (C=O) groups excluding carboxylic acids is 3. The highest BCUT2D eigenvalue weighted by molar-refractivity contribution is 6.05. The summed E-state index contributed by atoms with van der Waals surface area (Å²) in [6.45, 7) is 2.09. The van der Waals surface area contributed by atoms with Crippen LogP contribution in [0.2, 0.25) is 0 Å². The molecular weight excluding hydrogens is 444 g/mol. The summed E-state index contributed by atoms with van der Waals surface area (Å²) in [5, 5.41) is 33.8. The molecule has 176 valence electrons. The largest absolute Gasteiger partial charge is 0.513 e. The lowest BCUT2D eigenvalue weighted by molar-refractivity contribution is 0.0950. The van der Waals surface area contributed by atoms with Gasteiger partial charge in [-0.25, -0.2) is 4.79 Å². The maximum Gasteiger partial charge on any atom is 0.513 e. The molecule has 0 saturated heterocycles. The highest BCUT2D eigenvalue weighted by Gasteiger charge is 2.14. The van der Waals surface area contributed by atoms with Crippen LogP contribution >= 0.6 is 0 Å². The number of hydrogen-bond acceptors (Lipinski definition) is 8. The molecule has 0 bridgehead atoms. The monoisotopic (exact) mass is 466 g/mol. The van der Waals surface area contributed by atoms with Crippen LogP contribution in [0, 0.1) is 0 Å². The van der Waals surface area contributed by atoms with Gasteiger partial charge < -0.3 is 35.4 Å². The minimum Gasteiger partial charge on any atom is -0.504 e. The summed E-state index contributed by atoms with van der Waals surface area (Å²) < 4.78 is 9.63. The third-order valence-corrected chi connectivity index (χ3v) is 4.58. The van der Waals surface area contributed by atoms with Gasteiger partial charge in [0, 0.05) is 23.4 Å². The fraction of sp³-hybridized carbons (Fsp3) is 0.125. The number of phenols is 3. The molecule has 10 heteroatoms. The molecule has 0 spiro atoms. The van der Waals surface area contributed by atoms with Crippen molar-refractivity contribution in [2.75, 3.05) is 11.9 Å². The predicted octanol–water partition coefficient (Wildman–Crippen LogP) is 3.52. The number of benzene rings is 3. The Balaban J connectivity index is 1.53. The van der Waals surface area contributed by atoms with E-state index in [9.17, 15) is 29.7 Å². The number of aromatic hydroxyl groups is 3. The number of phenolic OH excluding ortho intramolecular Hbond substituents is 3. The van der Waals surface area contributed by atoms with Crippen molar-refractivity contribution in [2.45, 2.75) is 13.5 Å². The van der Waals surface area contributed by atoms with E-state index in [-0.39, 0.29) is 30.4 Å². The Hall–Kier alpha value is -4.73. The average molecular weight is 466 g/mol. The topological polar surface area (TPSA) is 154 Å². The van der Waals surface area contributed by atoms with Gasteiger partial charge >= 0.3 is 6.16 Å². The number of carbonyl (C=O) groups is 3.